The van der Waals surface area contributed by atoms with Crippen LogP contribution in [0, 0.1) is 0 Å². The van der Waals surface area contributed by atoms with E-state index in [9.17, 15) is 19.5 Å². The molecule has 7 nitrogen and oxygen atoms in total. The van der Waals surface area contributed by atoms with Gasteiger partial charge in [-0.15, -0.1) is 0 Å². The number of carbonyl (C=O) groups is 3. The van der Waals surface area contributed by atoms with Crippen LogP contribution in [0.2, 0.25) is 0 Å². The predicted molar refractivity (Wildman–Crippen MR) is 100 cm³/mol. The zero-order valence-electron chi connectivity index (χ0n) is 15.4. The molecule has 0 unspecified atom stereocenters. The van der Waals surface area contributed by atoms with E-state index in [1.54, 1.807) is 17.9 Å². The van der Waals surface area contributed by atoms with Gasteiger partial charge in [-0.3, -0.25) is 9.59 Å². The second-order valence-electron chi connectivity index (χ2n) is 6.45. The van der Waals surface area contributed by atoms with Crippen molar-refractivity contribution in [3.8, 4) is 0 Å². The average molecular weight is 370 g/mol. The molecule has 27 heavy (non-hydrogen) atoms. The Morgan fingerprint density at radius 2 is 2.00 bits per heavy atom. The Balaban J connectivity index is 1.82. The number of aryl methyl sites for hydroxylation is 2. The molecule has 2 N–H and O–H groups in total. The second kappa shape index (κ2) is 7.65. The fourth-order valence-electron chi connectivity index (χ4n) is 3.28. The fraction of sp³-hybridized carbons (Fsp3) is 0.350. The first-order valence-electron chi connectivity index (χ1n) is 9.05. The molecule has 0 spiro atoms. The summed E-state index contributed by atoms with van der Waals surface area (Å²) in [5, 5.41) is 11.9. The van der Waals surface area contributed by atoms with Gasteiger partial charge in [-0.2, -0.15) is 0 Å². The summed E-state index contributed by atoms with van der Waals surface area (Å²) in [5.74, 6) is -1.28. The van der Waals surface area contributed by atoms with Gasteiger partial charge in [0.15, 0.2) is 5.76 Å². The summed E-state index contributed by atoms with van der Waals surface area (Å²) in [4.78, 5) is 37.6. The van der Waals surface area contributed by atoms with Gasteiger partial charge < -0.3 is 19.7 Å². The van der Waals surface area contributed by atoms with E-state index < -0.39 is 11.9 Å². The van der Waals surface area contributed by atoms with Gasteiger partial charge >= 0.3 is 5.97 Å². The number of carbonyl (C=O) groups excluding carboxylic acids is 2. The van der Waals surface area contributed by atoms with Gasteiger partial charge in [-0.25, -0.2) is 4.79 Å². The summed E-state index contributed by atoms with van der Waals surface area (Å²) in [5.41, 5.74) is 2.46. The van der Waals surface area contributed by atoms with Crippen LogP contribution in [0.4, 0.5) is 11.4 Å². The maximum absolute atomic E-state index is 12.4. The van der Waals surface area contributed by atoms with Crippen molar-refractivity contribution in [3.05, 3.63) is 46.9 Å². The third kappa shape index (κ3) is 3.72. The highest BCUT2D eigenvalue weighted by atomic mass is 16.4. The van der Waals surface area contributed by atoms with Crippen LogP contribution >= 0.6 is 0 Å². The summed E-state index contributed by atoms with van der Waals surface area (Å²) in [7, 11) is 0. The molecule has 0 bridgehead atoms. The Morgan fingerprint density at radius 1 is 1.22 bits per heavy atom. The van der Waals surface area contributed by atoms with Crippen molar-refractivity contribution in [2.24, 2.45) is 0 Å². The largest absolute Gasteiger partial charge is 0.478 e. The number of hydrogen-bond donors (Lipinski definition) is 2. The number of aromatic carboxylic acids is 1. The lowest BCUT2D eigenvalue weighted by molar-refractivity contribution is -0.118. The monoisotopic (exact) mass is 370 g/mol. The lowest BCUT2D eigenvalue weighted by atomic mass is 10.00. The molecule has 1 aromatic heterocycles. The number of hydrogen-bond acceptors (Lipinski definition) is 4. The highest BCUT2D eigenvalue weighted by molar-refractivity contribution is 6.04. The van der Waals surface area contributed by atoms with Crippen molar-refractivity contribution in [1.82, 2.24) is 0 Å². The lowest BCUT2D eigenvalue weighted by Gasteiger charge is -2.29. The normalized spacial score (nSPS) is 13.4. The van der Waals surface area contributed by atoms with Gasteiger partial charge in [0.25, 0.3) is 5.91 Å². The van der Waals surface area contributed by atoms with E-state index in [0.29, 0.717) is 31.5 Å². The number of benzene rings is 1. The predicted octanol–water partition coefficient (Wildman–Crippen LogP) is 3.48. The van der Waals surface area contributed by atoms with Crippen LogP contribution < -0.4 is 10.2 Å². The van der Waals surface area contributed by atoms with Crippen molar-refractivity contribution in [1.29, 1.82) is 0 Å². The molecule has 7 heteroatoms. The molecule has 1 aliphatic heterocycles. The smallest absolute Gasteiger partial charge is 0.339 e. The van der Waals surface area contributed by atoms with Crippen LogP contribution in [0.15, 0.2) is 28.7 Å². The molecule has 3 rings (SSSR count). The molecule has 142 valence electrons. The highest BCUT2D eigenvalue weighted by Crippen LogP contribution is 2.30. The summed E-state index contributed by atoms with van der Waals surface area (Å²) < 4.78 is 5.39. The number of nitrogens with zero attached hydrogens (tertiary/aromatic N) is 1. The number of nitrogens with one attached hydrogen (secondary N) is 1. The minimum atomic E-state index is -1.12. The topological polar surface area (TPSA) is 99.9 Å². The van der Waals surface area contributed by atoms with Crippen LogP contribution in [0.5, 0.6) is 0 Å². The van der Waals surface area contributed by atoms with Gasteiger partial charge in [0.05, 0.1) is 0 Å². The van der Waals surface area contributed by atoms with Crippen molar-refractivity contribution in [2.75, 3.05) is 16.8 Å². The molecular formula is C20H22N2O5. The van der Waals surface area contributed by atoms with Crippen molar-refractivity contribution in [2.45, 2.75) is 39.5 Å². The van der Waals surface area contributed by atoms with E-state index in [-0.39, 0.29) is 23.0 Å². The number of anilines is 2. The van der Waals surface area contributed by atoms with Crippen LogP contribution in [0.3, 0.4) is 0 Å². The van der Waals surface area contributed by atoms with Gasteiger partial charge in [-0.05, 0) is 36.6 Å². The Bertz CT molecular complexity index is 900. The van der Waals surface area contributed by atoms with Crippen LogP contribution in [0.1, 0.15) is 58.9 Å². The zero-order valence-corrected chi connectivity index (χ0v) is 15.4. The average Bonchev–Trinajstić information content (AvgIpc) is 3.09. The van der Waals surface area contributed by atoms with E-state index in [4.69, 9.17) is 4.42 Å². The molecule has 2 amide bonds. The SMILES string of the molecule is CCCN1C(=O)CCc2cc(NC(=O)c3cc(C(=O)O)c(CC)o3)ccc21. The summed E-state index contributed by atoms with van der Waals surface area (Å²) in [6.07, 6.45) is 2.33. The first kappa shape index (κ1) is 18.7. The molecule has 0 saturated heterocycles. The zero-order chi connectivity index (χ0) is 19.6. The number of amides is 2. The highest BCUT2D eigenvalue weighted by Gasteiger charge is 2.24. The second-order valence-corrected chi connectivity index (χ2v) is 6.45. The Morgan fingerprint density at radius 3 is 2.63 bits per heavy atom. The minimum absolute atomic E-state index is 0.00168. The molecule has 0 fully saturated rings. The summed E-state index contributed by atoms with van der Waals surface area (Å²) >= 11 is 0. The third-order valence-corrected chi connectivity index (χ3v) is 4.57. The maximum Gasteiger partial charge on any atom is 0.339 e. The van der Waals surface area contributed by atoms with Crippen molar-refractivity contribution < 1.29 is 23.9 Å². The molecule has 2 aromatic rings. The number of furan rings is 1. The Hall–Kier alpha value is -3.09. The molecule has 2 heterocycles. The van der Waals surface area contributed by atoms with Gasteiger partial charge in [0.2, 0.25) is 5.91 Å². The standard InChI is InChI=1S/C20H22N2O5/c1-3-9-22-15-7-6-13(10-12(15)5-8-18(22)23)21-19(24)17-11-14(20(25)26)16(4-2)27-17/h6-7,10-11H,3-5,8-9H2,1-2H3,(H,21,24)(H,25,26). The number of fused-ring (bicyclic) bond motifs is 1. The van der Waals surface area contributed by atoms with Crippen molar-refractivity contribution in [3.63, 3.8) is 0 Å². The Kier molecular flexibility index (Phi) is 5.30. The van der Waals surface area contributed by atoms with Crippen LogP contribution in [0.25, 0.3) is 0 Å². The van der Waals surface area contributed by atoms with Gasteiger partial charge in [-0.1, -0.05) is 13.8 Å². The molecule has 0 saturated carbocycles. The molecule has 0 radical (unpaired) electrons. The first-order valence-corrected chi connectivity index (χ1v) is 9.05. The molecule has 0 aliphatic carbocycles. The van der Waals surface area contributed by atoms with E-state index in [2.05, 4.69) is 5.32 Å². The van der Waals surface area contributed by atoms with Gasteiger partial charge in [0.1, 0.15) is 11.3 Å². The Labute approximate surface area is 157 Å². The third-order valence-electron chi connectivity index (χ3n) is 4.57. The van der Waals surface area contributed by atoms with Crippen LogP contribution in [-0.2, 0) is 17.6 Å². The minimum Gasteiger partial charge on any atom is -0.478 e. The lowest BCUT2D eigenvalue weighted by Crippen LogP contribution is -2.35. The van der Waals surface area contributed by atoms with E-state index in [0.717, 1.165) is 17.7 Å². The number of carboxylic acid groups (broad SMARTS) is 1. The summed E-state index contributed by atoms with van der Waals surface area (Å²) in [6, 6.07) is 6.67. The summed E-state index contributed by atoms with van der Waals surface area (Å²) in [6.45, 7) is 4.46. The first-order chi connectivity index (χ1) is 12.9. The molecular weight excluding hydrogens is 348 g/mol. The van der Waals surface area contributed by atoms with E-state index in [1.165, 1.54) is 6.07 Å². The molecule has 1 aliphatic rings. The van der Waals surface area contributed by atoms with Crippen molar-refractivity contribution >= 4 is 29.2 Å². The molecule has 0 atom stereocenters. The van der Waals surface area contributed by atoms with Crippen LogP contribution in [-0.4, -0.2) is 29.4 Å². The number of rotatable bonds is 6. The van der Waals surface area contributed by atoms with E-state index >= 15 is 0 Å². The quantitative estimate of drug-likeness (QED) is 0.811. The van der Waals surface area contributed by atoms with Gasteiger partial charge in [0, 0.05) is 36.8 Å². The number of carboxylic acids is 1. The maximum atomic E-state index is 12.4. The fourth-order valence-corrected chi connectivity index (χ4v) is 3.28. The molecule has 1 aromatic carbocycles. The van der Waals surface area contributed by atoms with E-state index in [1.807, 2.05) is 19.1 Å².